The quantitative estimate of drug-likeness (QED) is 0.564. The molecule has 0 aromatic carbocycles. The van der Waals surface area contributed by atoms with Crippen LogP contribution in [0.1, 0.15) is 46.0 Å². The summed E-state index contributed by atoms with van der Waals surface area (Å²) in [5.74, 6) is 3.93. The molecular formula is C21H36O4. The predicted octanol–water partition coefficient (Wildman–Crippen LogP) is 3.53. The fraction of sp³-hybridized carbons (Fsp3) is 1.00. The molecule has 4 rings (SSSR count). The maximum absolute atomic E-state index is 6.19. The SMILES string of the molecule is CCC(C1CO1)C(OC)C1C2CCC(C2)C1C(OC)C(CC)C1CO1. The number of hydrogen-bond donors (Lipinski definition) is 0. The van der Waals surface area contributed by atoms with Gasteiger partial charge in [0.05, 0.1) is 37.6 Å². The van der Waals surface area contributed by atoms with E-state index < -0.39 is 0 Å². The Labute approximate surface area is 152 Å². The van der Waals surface area contributed by atoms with Crippen molar-refractivity contribution in [2.45, 2.75) is 70.4 Å². The minimum absolute atomic E-state index is 0.313. The molecule has 2 bridgehead atoms. The van der Waals surface area contributed by atoms with Crippen LogP contribution in [0, 0.1) is 35.5 Å². The first-order valence-electron chi connectivity index (χ1n) is 10.5. The molecule has 0 radical (unpaired) electrons. The Hall–Kier alpha value is -0.160. The first kappa shape index (κ1) is 18.2. The Balaban J connectivity index is 1.59. The fourth-order valence-corrected chi connectivity index (χ4v) is 6.61. The van der Waals surface area contributed by atoms with Crippen molar-refractivity contribution < 1.29 is 18.9 Å². The van der Waals surface area contributed by atoms with Gasteiger partial charge in [0.2, 0.25) is 0 Å². The van der Waals surface area contributed by atoms with E-state index in [9.17, 15) is 0 Å². The largest absolute Gasteiger partial charge is 0.381 e. The average Bonchev–Trinajstić information content (AvgIpc) is 3.56. The van der Waals surface area contributed by atoms with Crippen molar-refractivity contribution in [3.8, 4) is 0 Å². The molecule has 0 aromatic rings. The molecule has 2 aliphatic carbocycles. The molecular weight excluding hydrogens is 316 g/mol. The second kappa shape index (κ2) is 7.46. The van der Waals surface area contributed by atoms with Crippen LogP contribution in [0.4, 0.5) is 0 Å². The molecule has 4 aliphatic rings. The van der Waals surface area contributed by atoms with Gasteiger partial charge in [-0.1, -0.05) is 13.8 Å². The van der Waals surface area contributed by atoms with Crippen molar-refractivity contribution in [2.24, 2.45) is 35.5 Å². The van der Waals surface area contributed by atoms with E-state index in [0.29, 0.717) is 48.1 Å². The summed E-state index contributed by atoms with van der Waals surface area (Å²) in [5, 5.41) is 0. The highest BCUT2D eigenvalue weighted by Crippen LogP contribution is 2.58. The zero-order valence-corrected chi connectivity index (χ0v) is 16.4. The first-order valence-corrected chi connectivity index (χ1v) is 10.5. The Kier molecular flexibility index (Phi) is 5.43. The van der Waals surface area contributed by atoms with Crippen molar-refractivity contribution in [1.29, 1.82) is 0 Å². The molecule has 2 saturated heterocycles. The summed E-state index contributed by atoms with van der Waals surface area (Å²) in [4.78, 5) is 0. The minimum Gasteiger partial charge on any atom is -0.381 e. The van der Waals surface area contributed by atoms with Crippen LogP contribution in [0.5, 0.6) is 0 Å². The van der Waals surface area contributed by atoms with E-state index in [1.165, 1.54) is 19.3 Å². The van der Waals surface area contributed by atoms with Crippen molar-refractivity contribution in [3.05, 3.63) is 0 Å². The topological polar surface area (TPSA) is 43.5 Å². The lowest BCUT2D eigenvalue weighted by atomic mass is 9.67. The zero-order chi connectivity index (χ0) is 17.6. The second-order valence-electron chi connectivity index (χ2n) is 8.78. The van der Waals surface area contributed by atoms with E-state index in [2.05, 4.69) is 13.8 Å². The molecule has 10 unspecified atom stereocenters. The lowest BCUT2D eigenvalue weighted by Gasteiger charge is -2.44. The monoisotopic (exact) mass is 352 g/mol. The Bertz CT molecular complexity index is 407. The molecule has 4 nitrogen and oxygen atoms in total. The molecule has 4 heteroatoms. The Morgan fingerprint density at radius 3 is 1.48 bits per heavy atom. The van der Waals surface area contributed by atoms with Crippen molar-refractivity contribution in [3.63, 3.8) is 0 Å². The van der Waals surface area contributed by atoms with Gasteiger partial charge in [0.1, 0.15) is 0 Å². The molecule has 0 aromatic heterocycles. The van der Waals surface area contributed by atoms with Gasteiger partial charge in [-0.3, -0.25) is 0 Å². The summed E-state index contributed by atoms with van der Waals surface area (Å²) in [7, 11) is 3.84. The third-order valence-corrected chi connectivity index (χ3v) is 7.81. The highest BCUT2D eigenvalue weighted by atomic mass is 16.6. The van der Waals surface area contributed by atoms with Gasteiger partial charge in [-0.25, -0.2) is 0 Å². The van der Waals surface area contributed by atoms with Gasteiger partial charge < -0.3 is 18.9 Å². The summed E-state index contributed by atoms with van der Waals surface area (Å²) in [6.45, 7) is 6.43. The smallest absolute Gasteiger partial charge is 0.0862 e. The van der Waals surface area contributed by atoms with Crippen molar-refractivity contribution in [2.75, 3.05) is 27.4 Å². The second-order valence-corrected chi connectivity index (χ2v) is 8.78. The number of hydrogen-bond acceptors (Lipinski definition) is 4. The molecule has 2 aliphatic heterocycles. The van der Waals surface area contributed by atoms with Crippen molar-refractivity contribution in [1.82, 2.24) is 0 Å². The molecule has 0 N–H and O–H groups in total. The van der Waals surface area contributed by atoms with E-state index >= 15 is 0 Å². The average molecular weight is 353 g/mol. The minimum atomic E-state index is 0.313. The normalized spacial score (nSPS) is 43.7. The van der Waals surface area contributed by atoms with Crippen LogP contribution in [0.15, 0.2) is 0 Å². The zero-order valence-electron chi connectivity index (χ0n) is 16.4. The van der Waals surface area contributed by atoms with Gasteiger partial charge in [0, 0.05) is 26.1 Å². The molecule has 2 saturated carbocycles. The lowest BCUT2D eigenvalue weighted by Crippen LogP contribution is -2.48. The van der Waals surface area contributed by atoms with E-state index in [0.717, 1.165) is 37.9 Å². The Morgan fingerprint density at radius 1 is 0.800 bits per heavy atom. The van der Waals surface area contributed by atoms with Crippen molar-refractivity contribution >= 4 is 0 Å². The predicted molar refractivity (Wildman–Crippen MR) is 96.4 cm³/mol. The molecule has 0 amide bonds. The fourth-order valence-electron chi connectivity index (χ4n) is 6.61. The van der Waals surface area contributed by atoms with Gasteiger partial charge in [0.25, 0.3) is 0 Å². The van der Waals surface area contributed by atoms with E-state index in [1.807, 2.05) is 14.2 Å². The number of rotatable bonds is 10. The van der Waals surface area contributed by atoms with Gasteiger partial charge >= 0.3 is 0 Å². The molecule has 144 valence electrons. The summed E-state index contributed by atoms with van der Waals surface area (Å²) >= 11 is 0. The van der Waals surface area contributed by atoms with E-state index in [1.54, 1.807) is 0 Å². The maximum atomic E-state index is 6.19. The highest BCUT2D eigenvalue weighted by Gasteiger charge is 2.58. The molecule has 25 heavy (non-hydrogen) atoms. The van der Waals surface area contributed by atoms with E-state index in [4.69, 9.17) is 18.9 Å². The number of fused-ring (bicyclic) bond motifs is 2. The van der Waals surface area contributed by atoms with Crippen LogP contribution in [0.25, 0.3) is 0 Å². The highest BCUT2D eigenvalue weighted by molar-refractivity contribution is 5.06. The third kappa shape index (κ3) is 3.28. The molecule has 2 heterocycles. The van der Waals surface area contributed by atoms with Crippen LogP contribution in [-0.2, 0) is 18.9 Å². The summed E-state index contributed by atoms with van der Waals surface area (Å²) in [5.41, 5.74) is 0. The molecule has 10 atom stereocenters. The number of methoxy groups -OCH3 is 2. The van der Waals surface area contributed by atoms with Crippen LogP contribution in [0.3, 0.4) is 0 Å². The standard InChI is InChI=1S/C21H36O4/c1-5-14(16-10-24-16)20(22-3)18-12-7-8-13(9-12)19(18)21(23-4)15(6-2)17-11-25-17/h12-21H,5-11H2,1-4H3. The van der Waals surface area contributed by atoms with Gasteiger partial charge in [-0.05, 0) is 55.8 Å². The lowest BCUT2D eigenvalue weighted by molar-refractivity contribution is -0.0973. The first-order chi connectivity index (χ1) is 12.2. The molecule has 4 fully saturated rings. The Morgan fingerprint density at radius 2 is 1.20 bits per heavy atom. The van der Waals surface area contributed by atoms with Crippen LogP contribution in [-0.4, -0.2) is 51.8 Å². The van der Waals surface area contributed by atoms with Gasteiger partial charge in [-0.15, -0.1) is 0 Å². The maximum Gasteiger partial charge on any atom is 0.0862 e. The number of ether oxygens (including phenoxy) is 4. The number of epoxide rings is 2. The summed E-state index contributed by atoms with van der Waals surface area (Å²) in [6, 6.07) is 0. The van der Waals surface area contributed by atoms with Crippen LogP contribution in [0.2, 0.25) is 0 Å². The third-order valence-electron chi connectivity index (χ3n) is 7.81. The molecule has 0 spiro atoms. The van der Waals surface area contributed by atoms with Crippen LogP contribution < -0.4 is 0 Å². The summed E-state index contributed by atoms with van der Waals surface area (Å²) < 4.78 is 23.8. The van der Waals surface area contributed by atoms with Gasteiger partial charge in [-0.2, -0.15) is 0 Å². The van der Waals surface area contributed by atoms with Crippen LogP contribution >= 0.6 is 0 Å². The van der Waals surface area contributed by atoms with Gasteiger partial charge in [0.15, 0.2) is 0 Å². The van der Waals surface area contributed by atoms with E-state index in [-0.39, 0.29) is 0 Å². The summed E-state index contributed by atoms with van der Waals surface area (Å²) in [6.07, 6.45) is 7.88.